The standard InChI is InChI=1S/C22H28N6O3S/c1-26-14-16-27(17-15-26)24-22(29)23-12-7-13-28(18-8-3-2-4-9-18)21-19-10-5-6-11-20(19)32(30,31)25-21/h2-6,8-11H,7,12-17H2,1H3,(H2,23,24,29). The Bertz CT molecular complexity index is 1080. The number of piperazine rings is 1. The van der Waals surface area contributed by atoms with E-state index in [1.165, 1.54) is 0 Å². The average molecular weight is 457 g/mol. The highest BCUT2D eigenvalue weighted by atomic mass is 32.2. The van der Waals surface area contributed by atoms with E-state index in [0.717, 1.165) is 31.9 Å². The molecule has 0 unspecified atom stereocenters. The van der Waals surface area contributed by atoms with Gasteiger partial charge in [0.25, 0.3) is 10.0 Å². The number of hydrogen-bond acceptors (Lipinski definition) is 6. The fourth-order valence-corrected chi connectivity index (χ4v) is 5.00. The maximum Gasteiger partial charge on any atom is 0.329 e. The van der Waals surface area contributed by atoms with Crippen LogP contribution in [0.2, 0.25) is 0 Å². The molecule has 0 atom stereocenters. The zero-order valence-electron chi connectivity index (χ0n) is 18.1. The van der Waals surface area contributed by atoms with Crippen LogP contribution in [0.5, 0.6) is 0 Å². The van der Waals surface area contributed by atoms with Gasteiger partial charge in [-0.05, 0) is 37.7 Å². The summed E-state index contributed by atoms with van der Waals surface area (Å²) in [6.07, 6.45) is 0.617. The van der Waals surface area contributed by atoms with Gasteiger partial charge in [0.1, 0.15) is 4.90 Å². The minimum atomic E-state index is -3.71. The SMILES string of the molecule is CN1CCN(NC(=O)NCCCN(C2=NS(=O)(=O)c3ccccc32)c2ccccc2)CC1. The molecule has 2 aliphatic rings. The molecule has 1 saturated heterocycles. The highest BCUT2D eigenvalue weighted by molar-refractivity contribution is 7.90. The van der Waals surface area contributed by atoms with Gasteiger partial charge < -0.3 is 15.1 Å². The van der Waals surface area contributed by atoms with Crippen molar-refractivity contribution in [1.82, 2.24) is 20.7 Å². The topological polar surface area (TPSA) is 97.3 Å². The number of sulfonamides is 1. The summed E-state index contributed by atoms with van der Waals surface area (Å²) in [4.78, 5) is 16.6. The summed E-state index contributed by atoms with van der Waals surface area (Å²) in [6.45, 7) is 4.36. The molecular formula is C22H28N6O3S. The lowest BCUT2D eigenvalue weighted by Gasteiger charge is -2.32. The lowest BCUT2D eigenvalue weighted by atomic mass is 10.1. The molecule has 0 aromatic heterocycles. The van der Waals surface area contributed by atoms with Crippen molar-refractivity contribution in [1.29, 1.82) is 0 Å². The van der Waals surface area contributed by atoms with Crippen LogP contribution in [0.25, 0.3) is 0 Å². The Hall–Kier alpha value is -2.95. The van der Waals surface area contributed by atoms with Gasteiger partial charge in [0.05, 0.1) is 0 Å². The number of hydrogen-bond donors (Lipinski definition) is 2. The molecule has 0 saturated carbocycles. The first-order valence-electron chi connectivity index (χ1n) is 10.7. The molecule has 2 aromatic carbocycles. The smallest absolute Gasteiger partial charge is 0.329 e. The second-order valence-electron chi connectivity index (χ2n) is 7.88. The lowest BCUT2D eigenvalue weighted by Crippen LogP contribution is -2.55. The Morgan fingerprint density at radius 1 is 1.03 bits per heavy atom. The third kappa shape index (κ3) is 5.09. The van der Waals surface area contributed by atoms with Crippen LogP contribution < -0.4 is 15.6 Å². The molecule has 0 bridgehead atoms. The molecule has 2 heterocycles. The Morgan fingerprint density at radius 2 is 1.72 bits per heavy atom. The molecule has 9 nitrogen and oxygen atoms in total. The maximum atomic E-state index is 12.5. The van der Waals surface area contributed by atoms with Crippen LogP contribution in [0.3, 0.4) is 0 Å². The van der Waals surface area contributed by atoms with E-state index < -0.39 is 10.0 Å². The summed E-state index contributed by atoms with van der Waals surface area (Å²) >= 11 is 0. The van der Waals surface area contributed by atoms with E-state index in [9.17, 15) is 13.2 Å². The zero-order valence-corrected chi connectivity index (χ0v) is 18.9. The monoisotopic (exact) mass is 456 g/mol. The summed E-state index contributed by atoms with van der Waals surface area (Å²) in [5, 5.41) is 4.80. The molecule has 170 valence electrons. The highest BCUT2D eigenvalue weighted by Gasteiger charge is 2.32. The quantitative estimate of drug-likeness (QED) is 0.640. The van der Waals surface area contributed by atoms with Crippen molar-refractivity contribution in [2.75, 3.05) is 51.2 Å². The zero-order chi connectivity index (χ0) is 22.6. The van der Waals surface area contributed by atoms with Crippen molar-refractivity contribution in [2.45, 2.75) is 11.3 Å². The highest BCUT2D eigenvalue weighted by Crippen LogP contribution is 2.29. The molecule has 1 fully saturated rings. The molecule has 0 spiro atoms. The molecule has 2 aromatic rings. The van der Waals surface area contributed by atoms with Crippen LogP contribution in [0.15, 0.2) is 63.9 Å². The van der Waals surface area contributed by atoms with E-state index in [1.54, 1.807) is 18.2 Å². The van der Waals surface area contributed by atoms with Gasteiger partial charge in [0, 0.05) is 50.5 Å². The third-order valence-corrected chi connectivity index (χ3v) is 6.87. The fourth-order valence-electron chi connectivity index (χ4n) is 3.79. The summed E-state index contributed by atoms with van der Waals surface area (Å²) in [5.41, 5.74) is 4.32. The first kappa shape index (κ1) is 22.3. The van der Waals surface area contributed by atoms with Gasteiger partial charge >= 0.3 is 6.03 Å². The number of amides is 2. The minimum absolute atomic E-state index is 0.223. The van der Waals surface area contributed by atoms with Crippen LogP contribution in [0.1, 0.15) is 12.0 Å². The second kappa shape index (κ2) is 9.68. The Balaban J connectivity index is 1.40. The number of amidine groups is 1. The van der Waals surface area contributed by atoms with Crippen LogP contribution >= 0.6 is 0 Å². The Kier molecular flexibility index (Phi) is 6.73. The number of urea groups is 1. The summed E-state index contributed by atoms with van der Waals surface area (Å²) in [5.74, 6) is 0.411. The number of fused-ring (bicyclic) bond motifs is 1. The minimum Gasteiger partial charge on any atom is -0.337 e. The van der Waals surface area contributed by atoms with Gasteiger partial charge in [-0.3, -0.25) is 5.43 Å². The molecule has 2 aliphatic heterocycles. The first-order chi connectivity index (χ1) is 15.4. The first-order valence-corrected chi connectivity index (χ1v) is 12.1. The van der Waals surface area contributed by atoms with E-state index in [1.807, 2.05) is 46.3 Å². The molecule has 0 radical (unpaired) electrons. The van der Waals surface area contributed by atoms with Crippen LogP contribution in [0, 0.1) is 0 Å². The number of nitrogens with zero attached hydrogens (tertiary/aromatic N) is 4. The van der Waals surface area contributed by atoms with Crippen LogP contribution in [-0.4, -0.2) is 76.5 Å². The molecule has 32 heavy (non-hydrogen) atoms. The van der Waals surface area contributed by atoms with Gasteiger partial charge in [0.15, 0.2) is 5.84 Å². The molecule has 10 heteroatoms. The van der Waals surface area contributed by atoms with E-state index in [-0.39, 0.29) is 10.9 Å². The number of nitrogens with one attached hydrogen (secondary N) is 2. The third-order valence-electron chi connectivity index (χ3n) is 5.54. The Morgan fingerprint density at radius 3 is 2.47 bits per heavy atom. The molecular weight excluding hydrogens is 428 g/mol. The predicted molar refractivity (Wildman–Crippen MR) is 124 cm³/mol. The largest absolute Gasteiger partial charge is 0.337 e. The van der Waals surface area contributed by atoms with Gasteiger partial charge in [-0.25, -0.2) is 9.80 Å². The molecule has 4 rings (SSSR count). The number of para-hydroxylation sites is 1. The molecule has 0 aliphatic carbocycles. The van der Waals surface area contributed by atoms with Gasteiger partial charge in [-0.15, -0.1) is 4.40 Å². The number of carbonyl (C=O) groups is 1. The van der Waals surface area contributed by atoms with Crippen molar-refractivity contribution in [3.8, 4) is 0 Å². The number of likely N-dealkylation sites (N-methyl/N-ethyl adjacent to an activating group) is 1. The predicted octanol–water partition coefficient (Wildman–Crippen LogP) is 1.49. The Labute approximate surface area is 188 Å². The van der Waals surface area contributed by atoms with Crippen molar-refractivity contribution >= 4 is 27.6 Å². The molecule has 2 amide bonds. The summed E-state index contributed by atoms with van der Waals surface area (Å²) in [6, 6.07) is 16.2. The number of benzene rings is 2. The van der Waals surface area contributed by atoms with Crippen molar-refractivity contribution in [2.24, 2.45) is 4.40 Å². The molecule has 2 N–H and O–H groups in total. The van der Waals surface area contributed by atoms with E-state index in [4.69, 9.17) is 0 Å². The van der Waals surface area contributed by atoms with Gasteiger partial charge in [-0.1, -0.05) is 30.3 Å². The normalized spacial score (nSPS) is 18.0. The number of carbonyl (C=O) groups excluding carboxylic acids is 1. The van der Waals surface area contributed by atoms with E-state index in [2.05, 4.69) is 27.1 Å². The summed E-state index contributed by atoms with van der Waals surface area (Å²) < 4.78 is 29.1. The van der Waals surface area contributed by atoms with Gasteiger partial charge in [0.2, 0.25) is 0 Å². The van der Waals surface area contributed by atoms with Crippen LogP contribution in [0.4, 0.5) is 10.5 Å². The van der Waals surface area contributed by atoms with E-state index >= 15 is 0 Å². The second-order valence-corrected chi connectivity index (χ2v) is 9.46. The van der Waals surface area contributed by atoms with Crippen molar-refractivity contribution in [3.05, 3.63) is 60.2 Å². The number of rotatable bonds is 6. The average Bonchev–Trinajstić information content (AvgIpc) is 3.07. The summed E-state index contributed by atoms with van der Waals surface area (Å²) in [7, 11) is -1.65. The van der Waals surface area contributed by atoms with E-state index in [0.29, 0.717) is 30.9 Å². The van der Waals surface area contributed by atoms with Crippen LogP contribution in [-0.2, 0) is 10.0 Å². The van der Waals surface area contributed by atoms with Crippen molar-refractivity contribution in [3.63, 3.8) is 0 Å². The number of anilines is 1. The van der Waals surface area contributed by atoms with Crippen molar-refractivity contribution < 1.29 is 13.2 Å². The number of hydrazine groups is 1. The maximum absolute atomic E-state index is 12.5. The lowest BCUT2D eigenvalue weighted by molar-refractivity contribution is 0.112. The fraction of sp³-hybridized carbons (Fsp3) is 0.364. The van der Waals surface area contributed by atoms with Gasteiger partial charge in [-0.2, -0.15) is 8.42 Å².